The highest BCUT2D eigenvalue weighted by atomic mass is 32.2. The van der Waals surface area contributed by atoms with Gasteiger partial charge >= 0.3 is 0 Å². The van der Waals surface area contributed by atoms with Crippen LogP contribution in [0.2, 0.25) is 0 Å². The number of rotatable bonds is 7. The van der Waals surface area contributed by atoms with Crippen LogP contribution >= 0.6 is 34.9 Å². The summed E-state index contributed by atoms with van der Waals surface area (Å²) < 4.78 is 25.9. The number of benzene rings is 1. The van der Waals surface area contributed by atoms with Crippen molar-refractivity contribution in [2.24, 2.45) is 0 Å². The second-order valence-corrected chi connectivity index (χ2v) is 9.69. The van der Waals surface area contributed by atoms with Crippen molar-refractivity contribution in [1.29, 1.82) is 0 Å². The van der Waals surface area contributed by atoms with Gasteiger partial charge in [-0.15, -0.1) is 10.2 Å². The Bertz CT molecular complexity index is 640. The Labute approximate surface area is 131 Å². The molecular weight excluding hydrogens is 332 g/mol. The van der Waals surface area contributed by atoms with Crippen LogP contribution in [0.5, 0.6) is 0 Å². The maximum atomic E-state index is 12.1. The van der Waals surface area contributed by atoms with E-state index in [0.29, 0.717) is 10.6 Å². The number of thioether (sulfide) groups is 2. The zero-order chi connectivity index (χ0) is 14.4. The van der Waals surface area contributed by atoms with Crippen molar-refractivity contribution in [3.05, 3.63) is 30.3 Å². The van der Waals surface area contributed by atoms with Crippen molar-refractivity contribution >= 4 is 44.7 Å². The van der Waals surface area contributed by atoms with Crippen LogP contribution in [0.3, 0.4) is 0 Å². The molecule has 4 nitrogen and oxygen atoms in total. The molecular formula is C12H14N2O2S4. The fourth-order valence-electron chi connectivity index (χ4n) is 1.42. The molecule has 8 heteroatoms. The number of hydrogen-bond donors (Lipinski definition) is 0. The van der Waals surface area contributed by atoms with E-state index in [-0.39, 0.29) is 5.75 Å². The summed E-state index contributed by atoms with van der Waals surface area (Å²) in [5, 5.41) is 8.08. The van der Waals surface area contributed by atoms with Gasteiger partial charge in [0.05, 0.1) is 10.6 Å². The minimum Gasteiger partial charge on any atom is -0.224 e. The SMILES string of the molecule is CCSc1nnc(SCCS(=O)(=O)c2ccccc2)s1. The van der Waals surface area contributed by atoms with Crippen LogP contribution in [0.4, 0.5) is 0 Å². The van der Waals surface area contributed by atoms with E-state index in [2.05, 4.69) is 17.1 Å². The molecule has 0 radical (unpaired) electrons. The van der Waals surface area contributed by atoms with Crippen LogP contribution in [0.15, 0.2) is 43.9 Å². The zero-order valence-electron chi connectivity index (χ0n) is 10.9. The van der Waals surface area contributed by atoms with E-state index in [4.69, 9.17) is 0 Å². The summed E-state index contributed by atoms with van der Waals surface area (Å²) in [6, 6.07) is 8.53. The van der Waals surface area contributed by atoms with Crippen molar-refractivity contribution in [1.82, 2.24) is 10.2 Å². The molecule has 0 unspecified atom stereocenters. The topological polar surface area (TPSA) is 59.9 Å². The van der Waals surface area contributed by atoms with E-state index < -0.39 is 9.84 Å². The summed E-state index contributed by atoms with van der Waals surface area (Å²) in [6.45, 7) is 2.06. The Hall–Kier alpha value is -0.570. The molecule has 0 bridgehead atoms. The monoisotopic (exact) mass is 346 g/mol. The molecule has 0 aliphatic rings. The third kappa shape index (κ3) is 4.47. The first-order valence-electron chi connectivity index (χ1n) is 5.98. The smallest absolute Gasteiger partial charge is 0.179 e. The fraction of sp³-hybridized carbons (Fsp3) is 0.333. The lowest BCUT2D eigenvalue weighted by atomic mass is 10.4. The Morgan fingerprint density at radius 1 is 1.10 bits per heavy atom. The van der Waals surface area contributed by atoms with Gasteiger partial charge in [0.25, 0.3) is 0 Å². The minimum absolute atomic E-state index is 0.109. The lowest BCUT2D eigenvalue weighted by Crippen LogP contribution is -2.08. The van der Waals surface area contributed by atoms with E-state index in [1.165, 1.54) is 23.1 Å². The van der Waals surface area contributed by atoms with Crippen molar-refractivity contribution in [3.63, 3.8) is 0 Å². The third-order valence-corrected chi connectivity index (χ3v) is 7.40. The quantitative estimate of drug-likeness (QED) is 0.718. The highest BCUT2D eigenvalue weighted by Crippen LogP contribution is 2.28. The van der Waals surface area contributed by atoms with Crippen molar-refractivity contribution < 1.29 is 8.42 Å². The molecule has 0 atom stereocenters. The highest BCUT2D eigenvalue weighted by Gasteiger charge is 2.14. The maximum absolute atomic E-state index is 12.1. The summed E-state index contributed by atoms with van der Waals surface area (Å²) in [7, 11) is -3.20. The standard InChI is InChI=1S/C12H14N2O2S4/c1-2-17-11-13-14-12(19-11)18-8-9-20(15,16)10-6-4-3-5-7-10/h3-7H,2,8-9H2,1H3. The van der Waals surface area contributed by atoms with Gasteiger partial charge in [0.15, 0.2) is 18.5 Å². The number of nitrogens with zero attached hydrogens (tertiary/aromatic N) is 2. The second kappa shape index (κ2) is 7.44. The number of sulfone groups is 1. The average Bonchev–Trinajstić information content (AvgIpc) is 2.88. The average molecular weight is 347 g/mol. The van der Waals surface area contributed by atoms with Gasteiger partial charge in [0.1, 0.15) is 0 Å². The molecule has 2 aromatic rings. The van der Waals surface area contributed by atoms with Crippen molar-refractivity contribution in [2.45, 2.75) is 20.5 Å². The summed E-state index contributed by atoms with van der Waals surface area (Å²) in [6.07, 6.45) is 0. The van der Waals surface area contributed by atoms with E-state index in [1.807, 2.05) is 6.07 Å². The molecule has 0 aliphatic carbocycles. The van der Waals surface area contributed by atoms with E-state index in [9.17, 15) is 8.42 Å². The predicted molar refractivity (Wildman–Crippen MR) is 85.5 cm³/mol. The van der Waals surface area contributed by atoms with Crippen LogP contribution in [0, 0.1) is 0 Å². The first-order valence-corrected chi connectivity index (χ1v) is 10.4. The minimum atomic E-state index is -3.20. The molecule has 1 aromatic heterocycles. The normalized spacial score (nSPS) is 11.7. The second-order valence-electron chi connectivity index (χ2n) is 3.75. The highest BCUT2D eigenvalue weighted by molar-refractivity contribution is 8.03. The molecule has 0 saturated carbocycles. The van der Waals surface area contributed by atoms with Gasteiger partial charge in [0, 0.05) is 5.75 Å². The molecule has 0 saturated heterocycles. The first kappa shape index (κ1) is 15.8. The maximum Gasteiger partial charge on any atom is 0.179 e. The van der Waals surface area contributed by atoms with Gasteiger partial charge in [-0.3, -0.25) is 0 Å². The molecule has 2 rings (SSSR count). The van der Waals surface area contributed by atoms with Gasteiger partial charge in [-0.2, -0.15) is 0 Å². The Balaban J connectivity index is 1.89. The van der Waals surface area contributed by atoms with Gasteiger partial charge in [-0.25, -0.2) is 8.42 Å². The lowest BCUT2D eigenvalue weighted by Gasteiger charge is -2.02. The van der Waals surface area contributed by atoms with Crippen molar-refractivity contribution in [3.8, 4) is 0 Å². The first-order chi connectivity index (χ1) is 9.62. The molecule has 20 heavy (non-hydrogen) atoms. The van der Waals surface area contributed by atoms with Crippen LogP contribution < -0.4 is 0 Å². The van der Waals surface area contributed by atoms with E-state index in [0.717, 1.165) is 14.4 Å². The molecule has 108 valence electrons. The Kier molecular flexibility index (Phi) is 5.88. The van der Waals surface area contributed by atoms with Gasteiger partial charge in [-0.1, -0.05) is 60.0 Å². The lowest BCUT2D eigenvalue weighted by molar-refractivity contribution is 0.597. The predicted octanol–water partition coefficient (Wildman–Crippen LogP) is 3.22. The molecule has 1 heterocycles. The summed E-state index contributed by atoms with van der Waals surface area (Å²) >= 11 is 4.60. The number of hydrogen-bond acceptors (Lipinski definition) is 7. The molecule has 0 spiro atoms. The molecule has 0 fully saturated rings. The Morgan fingerprint density at radius 3 is 2.40 bits per heavy atom. The van der Waals surface area contributed by atoms with E-state index in [1.54, 1.807) is 36.0 Å². The van der Waals surface area contributed by atoms with Gasteiger partial charge in [0.2, 0.25) is 0 Å². The van der Waals surface area contributed by atoms with Gasteiger partial charge in [-0.05, 0) is 17.9 Å². The van der Waals surface area contributed by atoms with Gasteiger partial charge < -0.3 is 0 Å². The zero-order valence-corrected chi connectivity index (χ0v) is 14.1. The molecule has 0 amide bonds. The van der Waals surface area contributed by atoms with Crippen LogP contribution in [0.1, 0.15) is 6.92 Å². The Morgan fingerprint density at radius 2 is 1.75 bits per heavy atom. The number of aromatic nitrogens is 2. The summed E-state index contributed by atoms with van der Waals surface area (Å²) in [5.74, 6) is 1.56. The third-order valence-electron chi connectivity index (χ3n) is 2.34. The largest absolute Gasteiger partial charge is 0.224 e. The molecule has 1 aromatic carbocycles. The molecule has 0 N–H and O–H groups in total. The van der Waals surface area contributed by atoms with E-state index >= 15 is 0 Å². The van der Waals surface area contributed by atoms with Crippen LogP contribution in [-0.4, -0.2) is 35.9 Å². The van der Waals surface area contributed by atoms with Crippen LogP contribution in [0.25, 0.3) is 0 Å². The summed E-state index contributed by atoms with van der Waals surface area (Å²) in [4.78, 5) is 0.375. The fourth-order valence-corrected chi connectivity index (χ4v) is 6.08. The van der Waals surface area contributed by atoms with Crippen LogP contribution in [-0.2, 0) is 9.84 Å². The molecule has 0 aliphatic heterocycles. The summed E-state index contributed by atoms with van der Waals surface area (Å²) in [5.41, 5.74) is 0. The van der Waals surface area contributed by atoms with Crippen molar-refractivity contribution in [2.75, 3.05) is 17.3 Å².